The van der Waals surface area contributed by atoms with Gasteiger partial charge in [-0.1, -0.05) is 12.1 Å². The topological polar surface area (TPSA) is 88.3 Å². The Morgan fingerprint density at radius 3 is 2.78 bits per heavy atom. The molecule has 0 radical (unpaired) electrons. The number of benzene rings is 1. The zero-order valence-corrected chi connectivity index (χ0v) is 16.1. The third kappa shape index (κ3) is 3.13. The number of hydrogen-bond donors (Lipinski definition) is 1. The summed E-state index contributed by atoms with van der Waals surface area (Å²) in [6.45, 7) is 2.46. The van der Waals surface area contributed by atoms with E-state index in [0.29, 0.717) is 12.1 Å². The lowest BCUT2D eigenvalue weighted by molar-refractivity contribution is 0.223. The Morgan fingerprint density at radius 1 is 1.26 bits per heavy atom. The Balaban J connectivity index is 1.73. The third-order valence-corrected chi connectivity index (χ3v) is 7.09. The lowest BCUT2D eigenvalue weighted by Gasteiger charge is -2.17. The fourth-order valence-corrected chi connectivity index (χ4v) is 5.50. The molecule has 1 fully saturated rings. The highest BCUT2D eigenvalue weighted by molar-refractivity contribution is 7.89. The maximum absolute atomic E-state index is 13.4. The number of aryl methyl sites for hydroxylation is 2. The molecule has 1 saturated heterocycles. The molecule has 0 bridgehead atoms. The lowest BCUT2D eigenvalue weighted by Crippen LogP contribution is -2.29. The van der Waals surface area contributed by atoms with Crippen molar-refractivity contribution >= 4 is 20.9 Å². The standard InChI is InChI=1S/C19H22N4O3S/c1-13-6-14-4-3-5-18(19(14)20-7-13)27(25,26)23-10-16(12-24)17(11-23)15-8-21-22(2)9-15/h3-9,16-17,24H,10-12H2,1-2H3/t16-,17-/m0/s1. The Bertz CT molecular complexity index is 1090. The predicted octanol–water partition coefficient (Wildman–Crippen LogP) is 1.67. The van der Waals surface area contributed by atoms with Crippen LogP contribution in [-0.2, 0) is 17.1 Å². The van der Waals surface area contributed by atoms with Crippen molar-refractivity contribution in [1.29, 1.82) is 0 Å². The molecule has 142 valence electrons. The SMILES string of the molecule is Cc1cnc2c(S(=O)(=O)N3C[C@@H](CO)[C@H](c4cnn(C)c4)C3)cccc2c1. The average Bonchev–Trinajstić information content (AvgIpc) is 3.27. The number of aliphatic hydroxyl groups is 1. The van der Waals surface area contributed by atoms with E-state index in [4.69, 9.17) is 0 Å². The number of nitrogens with zero attached hydrogens (tertiary/aromatic N) is 4. The number of rotatable bonds is 4. The van der Waals surface area contributed by atoms with Gasteiger partial charge in [-0.05, 0) is 30.2 Å². The minimum Gasteiger partial charge on any atom is -0.396 e. The summed E-state index contributed by atoms with van der Waals surface area (Å²) >= 11 is 0. The summed E-state index contributed by atoms with van der Waals surface area (Å²) in [6.07, 6.45) is 5.30. The molecular formula is C19H22N4O3S. The summed E-state index contributed by atoms with van der Waals surface area (Å²) in [5.41, 5.74) is 2.41. The summed E-state index contributed by atoms with van der Waals surface area (Å²) in [7, 11) is -1.90. The first kappa shape index (κ1) is 18.1. The van der Waals surface area contributed by atoms with Gasteiger partial charge in [0.2, 0.25) is 10.0 Å². The van der Waals surface area contributed by atoms with Gasteiger partial charge in [0.05, 0.1) is 11.7 Å². The van der Waals surface area contributed by atoms with Crippen LogP contribution < -0.4 is 0 Å². The maximum atomic E-state index is 13.4. The van der Waals surface area contributed by atoms with E-state index in [1.54, 1.807) is 29.2 Å². The van der Waals surface area contributed by atoms with Crippen LogP contribution in [0, 0.1) is 12.8 Å². The molecule has 3 aromatic rings. The average molecular weight is 386 g/mol. The minimum atomic E-state index is -3.72. The van der Waals surface area contributed by atoms with Gasteiger partial charge in [-0.2, -0.15) is 9.40 Å². The molecule has 0 unspecified atom stereocenters. The fourth-order valence-electron chi connectivity index (χ4n) is 3.81. The van der Waals surface area contributed by atoms with Crippen LogP contribution in [0.3, 0.4) is 0 Å². The van der Waals surface area contributed by atoms with Crippen molar-refractivity contribution in [2.45, 2.75) is 17.7 Å². The first-order valence-corrected chi connectivity index (χ1v) is 10.3. The molecule has 0 saturated carbocycles. The number of aliphatic hydroxyl groups excluding tert-OH is 1. The van der Waals surface area contributed by atoms with E-state index in [9.17, 15) is 13.5 Å². The van der Waals surface area contributed by atoms with Gasteiger partial charge in [0.15, 0.2) is 0 Å². The number of sulfonamides is 1. The van der Waals surface area contributed by atoms with Gasteiger partial charge in [0.25, 0.3) is 0 Å². The van der Waals surface area contributed by atoms with Crippen molar-refractivity contribution < 1.29 is 13.5 Å². The molecule has 2 atom stereocenters. The van der Waals surface area contributed by atoms with Crippen LogP contribution >= 0.6 is 0 Å². The molecule has 0 spiro atoms. The van der Waals surface area contributed by atoms with Crippen LogP contribution in [0.25, 0.3) is 10.9 Å². The molecule has 3 heterocycles. The zero-order chi connectivity index (χ0) is 19.2. The number of para-hydroxylation sites is 1. The lowest BCUT2D eigenvalue weighted by atomic mass is 9.92. The zero-order valence-electron chi connectivity index (χ0n) is 15.3. The van der Waals surface area contributed by atoms with E-state index in [0.717, 1.165) is 16.5 Å². The van der Waals surface area contributed by atoms with E-state index in [-0.39, 0.29) is 29.9 Å². The predicted molar refractivity (Wildman–Crippen MR) is 102 cm³/mol. The summed E-state index contributed by atoms with van der Waals surface area (Å²) in [5, 5.41) is 14.8. The molecule has 0 amide bonds. The normalized spacial score (nSPS) is 21.1. The van der Waals surface area contributed by atoms with Crippen LogP contribution in [0.15, 0.2) is 47.8 Å². The van der Waals surface area contributed by atoms with Crippen molar-refractivity contribution in [3.8, 4) is 0 Å². The maximum Gasteiger partial charge on any atom is 0.245 e. The number of aromatic nitrogens is 3. The third-order valence-electron chi connectivity index (χ3n) is 5.22. The van der Waals surface area contributed by atoms with Crippen LogP contribution in [-0.4, -0.2) is 52.3 Å². The Morgan fingerprint density at radius 2 is 2.07 bits per heavy atom. The molecule has 2 aromatic heterocycles. The molecule has 0 aliphatic carbocycles. The highest BCUT2D eigenvalue weighted by Crippen LogP contribution is 2.36. The van der Waals surface area contributed by atoms with Gasteiger partial charge in [0.1, 0.15) is 4.90 Å². The molecule has 8 heteroatoms. The largest absolute Gasteiger partial charge is 0.396 e. The Kier molecular flexibility index (Phi) is 4.49. The molecular weight excluding hydrogens is 364 g/mol. The van der Waals surface area contributed by atoms with E-state index in [2.05, 4.69) is 10.1 Å². The smallest absolute Gasteiger partial charge is 0.245 e. The van der Waals surface area contributed by atoms with E-state index >= 15 is 0 Å². The summed E-state index contributed by atoms with van der Waals surface area (Å²) in [6, 6.07) is 7.15. The van der Waals surface area contributed by atoms with E-state index in [1.165, 1.54) is 4.31 Å². The molecule has 1 aromatic carbocycles. The molecule has 27 heavy (non-hydrogen) atoms. The monoisotopic (exact) mass is 386 g/mol. The van der Waals surface area contributed by atoms with E-state index < -0.39 is 10.0 Å². The Labute approximate surface area is 158 Å². The molecule has 1 aliphatic heterocycles. The van der Waals surface area contributed by atoms with Crippen molar-refractivity contribution in [3.63, 3.8) is 0 Å². The van der Waals surface area contributed by atoms with Gasteiger partial charge in [-0.15, -0.1) is 0 Å². The first-order chi connectivity index (χ1) is 12.9. The van der Waals surface area contributed by atoms with Crippen LogP contribution in [0.5, 0.6) is 0 Å². The molecule has 1 N–H and O–H groups in total. The van der Waals surface area contributed by atoms with Crippen molar-refractivity contribution in [3.05, 3.63) is 54.0 Å². The first-order valence-electron chi connectivity index (χ1n) is 8.85. The van der Waals surface area contributed by atoms with E-state index in [1.807, 2.05) is 32.3 Å². The fraction of sp³-hybridized carbons (Fsp3) is 0.368. The molecule has 4 rings (SSSR count). The van der Waals surface area contributed by atoms with Gasteiger partial charge in [-0.25, -0.2) is 8.42 Å². The second-order valence-electron chi connectivity index (χ2n) is 7.16. The molecule has 1 aliphatic rings. The quantitative estimate of drug-likeness (QED) is 0.737. The van der Waals surface area contributed by atoms with Crippen LogP contribution in [0.1, 0.15) is 17.0 Å². The highest BCUT2D eigenvalue weighted by Gasteiger charge is 2.40. The second-order valence-corrected chi connectivity index (χ2v) is 9.07. The van der Waals surface area contributed by atoms with Gasteiger partial charge >= 0.3 is 0 Å². The van der Waals surface area contributed by atoms with Crippen molar-refractivity contribution in [2.75, 3.05) is 19.7 Å². The molecule has 7 nitrogen and oxygen atoms in total. The van der Waals surface area contributed by atoms with Gasteiger partial charge in [0, 0.05) is 56.4 Å². The van der Waals surface area contributed by atoms with Crippen LogP contribution in [0.4, 0.5) is 0 Å². The van der Waals surface area contributed by atoms with Gasteiger partial charge in [-0.3, -0.25) is 9.67 Å². The Hall–Kier alpha value is -2.29. The second kappa shape index (κ2) is 6.70. The van der Waals surface area contributed by atoms with Crippen molar-refractivity contribution in [2.24, 2.45) is 13.0 Å². The number of pyridine rings is 1. The minimum absolute atomic E-state index is 0.0709. The van der Waals surface area contributed by atoms with Crippen LogP contribution in [0.2, 0.25) is 0 Å². The summed E-state index contributed by atoms with van der Waals surface area (Å²) in [5.74, 6) is -0.238. The van der Waals surface area contributed by atoms with Gasteiger partial charge < -0.3 is 5.11 Å². The number of hydrogen-bond acceptors (Lipinski definition) is 5. The number of fused-ring (bicyclic) bond motifs is 1. The van der Waals surface area contributed by atoms with Crippen molar-refractivity contribution in [1.82, 2.24) is 19.1 Å². The summed E-state index contributed by atoms with van der Waals surface area (Å²) in [4.78, 5) is 4.58. The summed E-state index contributed by atoms with van der Waals surface area (Å²) < 4.78 is 29.9. The highest BCUT2D eigenvalue weighted by atomic mass is 32.2.